The molecule has 0 aromatic heterocycles. The Balaban J connectivity index is 2.66. The molecule has 0 saturated heterocycles. The zero-order chi connectivity index (χ0) is 13.4. The van der Waals surface area contributed by atoms with E-state index in [1.54, 1.807) is 17.0 Å². The van der Waals surface area contributed by atoms with E-state index in [0.717, 1.165) is 6.42 Å². The molecule has 1 aromatic rings. The molecule has 0 unspecified atom stereocenters. The van der Waals surface area contributed by atoms with Crippen LogP contribution in [0, 0.1) is 0 Å². The van der Waals surface area contributed by atoms with E-state index in [2.05, 4.69) is 4.74 Å². The molecule has 0 aliphatic heterocycles. The lowest BCUT2D eigenvalue weighted by atomic mass is 10.2. The summed E-state index contributed by atoms with van der Waals surface area (Å²) in [6, 6.07) is 9.09. The lowest BCUT2D eigenvalue weighted by Crippen LogP contribution is -2.33. The fraction of sp³-hybridized carbons (Fsp3) is 0.429. The van der Waals surface area contributed by atoms with Crippen LogP contribution in [0.2, 0.25) is 0 Å². The first-order chi connectivity index (χ1) is 8.69. The maximum Gasteiger partial charge on any atom is 0.307 e. The highest BCUT2D eigenvalue weighted by Crippen LogP contribution is 2.06. The number of methoxy groups -OCH3 is 1. The van der Waals surface area contributed by atoms with Gasteiger partial charge in [-0.25, -0.2) is 0 Å². The number of hydrogen-bond acceptors (Lipinski definition) is 3. The summed E-state index contributed by atoms with van der Waals surface area (Å²) in [5.41, 5.74) is 0.649. The lowest BCUT2D eigenvalue weighted by Gasteiger charge is -2.21. The molecule has 0 heterocycles. The van der Waals surface area contributed by atoms with Crippen LogP contribution >= 0.6 is 0 Å². The van der Waals surface area contributed by atoms with Crippen molar-refractivity contribution in [1.29, 1.82) is 0 Å². The van der Waals surface area contributed by atoms with Crippen molar-refractivity contribution in [2.75, 3.05) is 20.2 Å². The zero-order valence-electron chi connectivity index (χ0n) is 10.9. The fourth-order valence-electron chi connectivity index (χ4n) is 1.68. The second-order valence-electron chi connectivity index (χ2n) is 3.98. The number of carbonyl (C=O) groups excluding carboxylic acids is 2. The van der Waals surface area contributed by atoms with Crippen molar-refractivity contribution in [2.24, 2.45) is 0 Å². The summed E-state index contributed by atoms with van der Waals surface area (Å²) in [6.07, 6.45) is 1.09. The molecule has 1 amide bonds. The smallest absolute Gasteiger partial charge is 0.307 e. The van der Waals surface area contributed by atoms with Gasteiger partial charge in [-0.3, -0.25) is 9.59 Å². The largest absolute Gasteiger partial charge is 0.469 e. The highest BCUT2D eigenvalue weighted by Gasteiger charge is 2.15. The summed E-state index contributed by atoms with van der Waals surface area (Å²) in [5.74, 6) is -0.335. The second kappa shape index (κ2) is 7.48. The predicted octanol–water partition coefficient (Wildman–Crippen LogP) is 2.10. The van der Waals surface area contributed by atoms with E-state index in [9.17, 15) is 9.59 Å². The van der Waals surface area contributed by atoms with Crippen LogP contribution < -0.4 is 0 Å². The highest BCUT2D eigenvalue weighted by molar-refractivity contribution is 5.94. The standard InChI is InChI=1S/C14H19NO3/c1-3-10-15(11-9-13(16)18-2)14(17)12-7-5-4-6-8-12/h4-8H,3,9-11H2,1-2H3. The average Bonchev–Trinajstić information content (AvgIpc) is 2.43. The van der Waals surface area contributed by atoms with E-state index >= 15 is 0 Å². The molecule has 0 atom stereocenters. The highest BCUT2D eigenvalue weighted by atomic mass is 16.5. The molecule has 0 bridgehead atoms. The number of carbonyl (C=O) groups is 2. The van der Waals surface area contributed by atoms with Gasteiger partial charge in [0.05, 0.1) is 13.5 Å². The van der Waals surface area contributed by atoms with E-state index in [1.807, 2.05) is 25.1 Å². The maximum absolute atomic E-state index is 12.2. The van der Waals surface area contributed by atoms with E-state index in [4.69, 9.17) is 0 Å². The molecular weight excluding hydrogens is 230 g/mol. The topological polar surface area (TPSA) is 46.6 Å². The Hall–Kier alpha value is -1.84. The van der Waals surface area contributed by atoms with Crippen molar-refractivity contribution < 1.29 is 14.3 Å². The minimum absolute atomic E-state index is 0.0404. The summed E-state index contributed by atoms with van der Waals surface area (Å²) >= 11 is 0. The van der Waals surface area contributed by atoms with Crippen LogP contribution in [0.25, 0.3) is 0 Å². The van der Waals surface area contributed by atoms with Gasteiger partial charge >= 0.3 is 5.97 Å². The minimum Gasteiger partial charge on any atom is -0.469 e. The van der Waals surface area contributed by atoms with Gasteiger partial charge in [0, 0.05) is 18.7 Å². The van der Waals surface area contributed by atoms with E-state index in [-0.39, 0.29) is 18.3 Å². The number of benzene rings is 1. The molecular formula is C14H19NO3. The van der Waals surface area contributed by atoms with E-state index in [0.29, 0.717) is 18.7 Å². The molecule has 18 heavy (non-hydrogen) atoms. The summed E-state index contributed by atoms with van der Waals surface area (Å²) in [6.45, 7) is 3.04. The van der Waals surface area contributed by atoms with E-state index in [1.165, 1.54) is 7.11 Å². The van der Waals surface area contributed by atoms with Gasteiger partial charge in [-0.2, -0.15) is 0 Å². The minimum atomic E-state index is -0.294. The Morgan fingerprint density at radius 3 is 2.39 bits per heavy atom. The third-order valence-electron chi connectivity index (χ3n) is 2.61. The molecule has 0 saturated carbocycles. The number of hydrogen-bond donors (Lipinski definition) is 0. The Morgan fingerprint density at radius 1 is 1.17 bits per heavy atom. The van der Waals surface area contributed by atoms with Crippen molar-refractivity contribution in [3.63, 3.8) is 0 Å². The summed E-state index contributed by atoms with van der Waals surface area (Å²) in [7, 11) is 1.35. The molecule has 0 aliphatic rings. The van der Waals surface area contributed by atoms with Crippen LogP contribution in [-0.4, -0.2) is 37.0 Å². The molecule has 4 nitrogen and oxygen atoms in total. The number of esters is 1. The molecule has 0 radical (unpaired) electrons. The molecule has 0 spiro atoms. The summed E-state index contributed by atoms with van der Waals surface area (Å²) in [4.78, 5) is 25.0. The van der Waals surface area contributed by atoms with Crippen LogP contribution in [-0.2, 0) is 9.53 Å². The van der Waals surface area contributed by atoms with Gasteiger partial charge in [-0.05, 0) is 18.6 Å². The molecule has 98 valence electrons. The van der Waals surface area contributed by atoms with Crippen LogP contribution in [0.5, 0.6) is 0 Å². The zero-order valence-corrected chi connectivity index (χ0v) is 10.9. The van der Waals surface area contributed by atoms with Gasteiger partial charge in [0.2, 0.25) is 0 Å². The Labute approximate surface area is 108 Å². The SMILES string of the molecule is CCCN(CCC(=O)OC)C(=O)c1ccccc1. The lowest BCUT2D eigenvalue weighted by molar-refractivity contribution is -0.140. The van der Waals surface area contributed by atoms with Crippen molar-refractivity contribution in [2.45, 2.75) is 19.8 Å². The van der Waals surface area contributed by atoms with Crippen LogP contribution in [0.3, 0.4) is 0 Å². The van der Waals surface area contributed by atoms with Crippen molar-refractivity contribution in [3.05, 3.63) is 35.9 Å². The molecule has 4 heteroatoms. The molecule has 0 N–H and O–H groups in total. The monoisotopic (exact) mass is 249 g/mol. The van der Waals surface area contributed by atoms with Gasteiger partial charge in [0.1, 0.15) is 0 Å². The molecule has 1 rings (SSSR count). The molecule has 0 aliphatic carbocycles. The first kappa shape index (κ1) is 14.2. The van der Waals surface area contributed by atoms with Crippen molar-refractivity contribution >= 4 is 11.9 Å². The summed E-state index contributed by atoms with van der Waals surface area (Å²) in [5, 5.41) is 0. The van der Waals surface area contributed by atoms with Gasteiger partial charge in [0.25, 0.3) is 5.91 Å². The van der Waals surface area contributed by atoms with Crippen LogP contribution in [0.4, 0.5) is 0 Å². The van der Waals surface area contributed by atoms with Crippen LogP contribution in [0.15, 0.2) is 30.3 Å². The first-order valence-corrected chi connectivity index (χ1v) is 6.10. The predicted molar refractivity (Wildman–Crippen MR) is 69.3 cm³/mol. The van der Waals surface area contributed by atoms with Gasteiger partial charge in [0.15, 0.2) is 0 Å². The third kappa shape index (κ3) is 4.20. The first-order valence-electron chi connectivity index (χ1n) is 6.10. The van der Waals surface area contributed by atoms with Crippen LogP contribution in [0.1, 0.15) is 30.1 Å². The Morgan fingerprint density at radius 2 is 1.83 bits per heavy atom. The van der Waals surface area contributed by atoms with E-state index < -0.39 is 0 Å². The van der Waals surface area contributed by atoms with Crippen molar-refractivity contribution in [3.8, 4) is 0 Å². The fourth-order valence-corrected chi connectivity index (χ4v) is 1.68. The third-order valence-corrected chi connectivity index (χ3v) is 2.61. The summed E-state index contributed by atoms with van der Waals surface area (Å²) < 4.78 is 4.59. The quantitative estimate of drug-likeness (QED) is 0.725. The molecule has 1 aromatic carbocycles. The number of ether oxygens (including phenoxy) is 1. The van der Waals surface area contributed by atoms with Gasteiger partial charge in [-0.15, -0.1) is 0 Å². The van der Waals surface area contributed by atoms with Gasteiger partial charge in [-0.1, -0.05) is 25.1 Å². The molecule has 0 fully saturated rings. The number of nitrogens with zero attached hydrogens (tertiary/aromatic N) is 1. The second-order valence-corrected chi connectivity index (χ2v) is 3.98. The van der Waals surface area contributed by atoms with Gasteiger partial charge < -0.3 is 9.64 Å². The number of amides is 1. The average molecular weight is 249 g/mol. The normalized spacial score (nSPS) is 9.89. The maximum atomic E-state index is 12.2. The van der Waals surface area contributed by atoms with Crippen molar-refractivity contribution in [1.82, 2.24) is 4.90 Å². The Bertz CT molecular complexity index is 389. The number of rotatable bonds is 6. The Kier molecular flexibility index (Phi) is 5.91.